The first-order chi connectivity index (χ1) is 14.5. The Morgan fingerprint density at radius 3 is 1.97 bits per heavy atom. The summed E-state index contributed by atoms with van der Waals surface area (Å²) in [7, 11) is 0. The van der Waals surface area contributed by atoms with Crippen LogP contribution in [0.1, 0.15) is 44.5 Å². The quantitative estimate of drug-likeness (QED) is 0.264. The molecule has 1 unspecified atom stereocenters. The summed E-state index contributed by atoms with van der Waals surface area (Å²) >= 11 is 0. The maximum absolute atomic E-state index is 6.50. The van der Waals surface area contributed by atoms with Gasteiger partial charge in [-0.25, -0.2) is 0 Å². The van der Waals surface area contributed by atoms with E-state index in [2.05, 4.69) is 100 Å². The molecule has 0 bridgehead atoms. The van der Waals surface area contributed by atoms with Crippen LogP contribution in [0.25, 0.3) is 11.1 Å². The van der Waals surface area contributed by atoms with Gasteiger partial charge in [0.25, 0.3) is 0 Å². The van der Waals surface area contributed by atoms with Crippen molar-refractivity contribution in [1.29, 1.82) is 0 Å². The van der Waals surface area contributed by atoms with Crippen LogP contribution in [-0.4, -0.2) is 0 Å². The van der Waals surface area contributed by atoms with Crippen molar-refractivity contribution in [3.63, 3.8) is 0 Å². The normalized spacial score (nSPS) is 17.7. The minimum atomic E-state index is -0.359. The van der Waals surface area contributed by atoms with Crippen LogP contribution in [0.3, 0.4) is 0 Å². The second-order valence-corrected chi connectivity index (χ2v) is 8.70. The number of fused-ring (bicyclic) bond motifs is 9. The Morgan fingerprint density at radius 1 is 0.533 bits per heavy atom. The molecule has 1 aliphatic heterocycles. The van der Waals surface area contributed by atoms with Gasteiger partial charge in [0.15, 0.2) is 0 Å². The number of ether oxygens (including phenoxy) is 1. The van der Waals surface area contributed by atoms with E-state index in [4.69, 9.17) is 4.74 Å². The highest BCUT2D eigenvalue weighted by molar-refractivity contribution is 5.90. The number of para-hydroxylation sites is 1. The first-order valence-corrected chi connectivity index (χ1v) is 10.6. The second-order valence-electron chi connectivity index (χ2n) is 8.70. The summed E-state index contributed by atoms with van der Waals surface area (Å²) in [5, 5.41) is 0. The zero-order valence-corrected chi connectivity index (χ0v) is 17.8. The smallest absolute Gasteiger partial charge is 0.132 e. The van der Waals surface area contributed by atoms with Crippen LogP contribution in [0.5, 0.6) is 11.5 Å². The maximum Gasteiger partial charge on any atom is 0.132 e. The molecule has 0 amide bonds. The zero-order valence-electron chi connectivity index (χ0n) is 17.8. The van der Waals surface area contributed by atoms with Crippen LogP contribution in [-0.2, 0) is 5.41 Å². The van der Waals surface area contributed by atoms with Gasteiger partial charge in [-0.3, -0.25) is 0 Å². The van der Waals surface area contributed by atoms with E-state index >= 15 is 0 Å². The summed E-state index contributed by atoms with van der Waals surface area (Å²) in [6.07, 6.45) is 0. The summed E-state index contributed by atoms with van der Waals surface area (Å²) in [4.78, 5) is 0. The molecule has 1 heteroatoms. The van der Waals surface area contributed by atoms with Gasteiger partial charge in [-0.2, -0.15) is 0 Å². The van der Waals surface area contributed by atoms with Gasteiger partial charge in [0.1, 0.15) is 11.5 Å². The lowest BCUT2D eigenvalue weighted by Crippen LogP contribution is -2.34. The van der Waals surface area contributed by atoms with Crippen LogP contribution >= 0.6 is 0 Å². The number of benzene rings is 4. The summed E-state index contributed by atoms with van der Waals surface area (Å²) in [5.41, 5.74) is 12.9. The van der Waals surface area contributed by atoms with Crippen molar-refractivity contribution in [1.82, 2.24) is 0 Å². The van der Waals surface area contributed by atoms with Crippen LogP contribution in [0, 0.1) is 27.7 Å². The molecule has 1 nitrogen and oxygen atoms in total. The lowest BCUT2D eigenvalue weighted by atomic mass is 9.63. The predicted molar refractivity (Wildman–Crippen MR) is 123 cm³/mol. The zero-order chi connectivity index (χ0) is 20.6. The largest absolute Gasteiger partial charge is 0.457 e. The van der Waals surface area contributed by atoms with Crippen LogP contribution in [0.4, 0.5) is 0 Å². The summed E-state index contributed by atoms with van der Waals surface area (Å²) in [6.45, 7) is 8.96. The van der Waals surface area contributed by atoms with E-state index < -0.39 is 0 Å². The molecule has 0 aromatic heterocycles. The summed E-state index contributed by atoms with van der Waals surface area (Å²) in [6, 6.07) is 26.4. The van der Waals surface area contributed by atoms with Gasteiger partial charge in [0.05, 0.1) is 5.41 Å². The van der Waals surface area contributed by atoms with Crippen molar-refractivity contribution < 1.29 is 4.74 Å². The number of hydrogen-bond acceptors (Lipinski definition) is 1. The van der Waals surface area contributed by atoms with Gasteiger partial charge in [-0.05, 0) is 84.3 Å². The van der Waals surface area contributed by atoms with Gasteiger partial charge in [0, 0.05) is 11.1 Å². The first kappa shape index (κ1) is 17.5. The van der Waals surface area contributed by atoms with Gasteiger partial charge in [-0.15, -0.1) is 0 Å². The third-order valence-electron chi connectivity index (χ3n) is 7.32. The second kappa shape index (κ2) is 5.86. The first-order valence-electron chi connectivity index (χ1n) is 10.6. The molecule has 0 N–H and O–H groups in total. The molecule has 30 heavy (non-hydrogen) atoms. The monoisotopic (exact) mass is 388 g/mol. The van der Waals surface area contributed by atoms with Crippen LogP contribution < -0.4 is 4.74 Å². The molecular formula is C29H24O. The standard InChI is InChI=1S/C29H24O/c1-17-13-15-22-21-9-5-6-10-23(21)29(27(22)19(17)3)24-11-7-8-12-25(24)30-26-16-14-18(2)20(4)28(26)29/h5-16H,1-4H3. The third kappa shape index (κ3) is 1.93. The lowest BCUT2D eigenvalue weighted by Gasteiger charge is -2.41. The predicted octanol–water partition coefficient (Wildman–Crippen LogP) is 7.39. The minimum Gasteiger partial charge on any atom is -0.457 e. The van der Waals surface area contributed by atoms with Gasteiger partial charge >= 0.3 is 0 Å². The van der Waals surface area contributed by atoms with E-state index in [0.717, 1.165) is 11.5 Å². The Balaban J connectivity index is 1.92. The average molecular weight is 389 g/mol. The van der Waals surface area contributed by atoms with Crippen molar-refractivity contribution in [3.8, 4) is 22.6 Å². The number of rotatable bonds is 0. The van der Waals surface area contributed by atoms with Crippen LogP contribution in [0.2, 0.25) is 0 Å². The fourth-order valence-electron chi connectivity index (χ4n) is 5.70. The third-order valence-corrected chi connectivity index (χ3v) is 7.32. The Bertz CT molecular complexity index is 1360. The Kier molecular flexibility index (Phi) is 3.42. The minimum absolute atomic E-state index is 0.359. The summed E-state index contributed by atoms with van der Waals surface area (Å²) < 4.78 is 6.50. The fraction of sp³-hybridized carbons (Fsp3) is 0.172. The van der Waals surface area contributed by atoms with E-state index in [0.29, 0.717) is 0 Å². The molecular weight excluding hydrogens is 364 g/mol. The van der Waals surface area contributed by atoms with E-state index in [1.165, 1.54) is 55.6 Å². The number of hydrogen-bond donors (Lipinski definition) is 0. The molecule has 4 aromatic carbocycles. The van der Waals surface area contributed by atoms with Crippen molar-refractivity contribution in [2.24, 2.45) is 0 Å². The molecule has 2 aliphatic rings. The SMILES string of the molecule is Cc1ccc2c(c1C)C1(c3ccccc3O2)c2ccccc2-c2ccc(C)c(C)c21. The van der Waals surface area contributed by atoms with Crippen molar-refractivity contribution in [3.05, 3.63) is 117 Å². The molecule has 1 atom stereocenters. The maximum atomic E-state index is 6.50. The van der Waals surface area contributed by atoms with Gasteiger partial charge < -0.3 is 4.74 Å². The number of aryl methyl sites for hydroxylation is 2. The molecule has 4 aromatic rings. The van der Waals surface area contributed by atoms with Gasteiger partial charge in [-0.1, -0.05) is 60.7 Å². The average Bonchev–Trinajstić information content (AvgIpc) is 3.05. The highest BCUT2D eigenvalue weighted by atomic mass is 16.5. The molecule has 146 valence electrons. The molecule has 1 aliphatic carbocycles. The van der Waals surface area contributed by atoms with E-state index in [-0.39, 0.29) is 5.41 Å². The fourth-order valence-corrected chi connectivity index (χ4v) is 5.70. The van der Waals surface area contributed by atoms with Crippen molar-refractivity contribution in [2.75, 3.05) is 0 Å². The van der Waals surface area contributed by atoms with Crippen LogP contribution in [0.15, 0.2) is 72.8 Å². The highest BCUT2D eigenvalue weighted by Crippen LogP contribution is 2.63. The van der Waals surface area contributed by atoms with E-state index in [1.54, 1.807) is 0 Å². The molecule has 6 rings (SSSR count). The van der Waals surface area contributed by atoms with E-state index in [9.17, 15) is 0 Å². The molecule has 0 saturated carbocycles. The molecule has 1 heterocycles. The molecule has 0 radical (unpaired) electrons. The topological polar surface area (TPSA) is 9.23 Å². The Labute approximate surface area is 178 Å². The van der Waals surface area contributed by atoms with Gasteiger partial charge in [0.2, 0.25) is 0 Å². The lowest BCUT2D eigenvalue weighted by molar-refractivity contribution is 0.434. The highest BCUT2D eigenvalue weighted by Gasteiger charge is 2.52. The molecule has 1 spiro atoms. The summed E-state index contributed by atoms with van der Waals surface area (Å²) in [5.74, 6) is 1.93. The van der Waals surface area contributed by atoms with Crippen molar-refractivity contribution in [2.45, 2.75) is 33.1 Å². The van der Waals surface area contributed by atoms with E-state index in [1.807, 2.05) is 0 Å². The Morgan fingerprint density at radius 2 is 1.17 bits per heavy atom. The van der Waals surface area contributed by atoms with Crippen molar-refractivity contribution >= 4 is 0 Å². The molecule has 0 fully saturated rings. The Hall–Kier alpha value is -3.32. The molecule has 0 saturated heterocycles.